The molecule has 4 rings (SSSR count). The summed E-state index contributed by atoms with van der Waals surface area (Å²) in [6.45, 7) is 2.07. The fraction of sp³-hybridized carbons (Fsp3) is 0.269. The van der Waals surface area contributed by atoms with Crippen LogP contribution in [0.3, 0.4) is 0 Å². The molecule has 1 aliphatic heterocycles. The smallest absolute Gasteiger partial charge is 0.243 e. The van der Waals surface area contributed by atoms with E-state index in [0.29, 0.717) is 13.2 Å². The van der Waals surface area contributed by atoms with Crippen molar-refractivity contribution in [3.8, 4) is 11.5 Å². The molecule has 0 spiro atoms. The first kappa shape index (κ1) is 21.7. The van der Waals surface area contributed by atoms with Crippen LogP contribution in [0.1, 0.15) is 18.4 Å². The molecular formula is C26H28N2O4. The van der Waals surface area contributed by atoms with E-state index in [2.05, 4.69) is 10.6 Å². The van der Waals surface area contributed by atoms with Gasteiger partial charge in [-0.15, -0.1) is 0 Å². The molecule has 1 amide bonds. The normalized spacial score (nSPS) is 15.2. The third kappa shape index (κ3) is 6.75. The van der Waals surface area contributed by atoms with Crippen molar-refractivity contribution in [2.24, 2.45) is 0 Å². The lowest BCUT2D eigenvalue weighted by atomic mass is 10.2. The van der Waals surface area contributed by atoms with Crippen molar-refractivity contribution in [2.75, 3.05) is 30.4 Å². The highest BCUT2D eigenvalue weighted by molar-refractivity contribution is 5.93. The molecule has 32 heavy (non-hydrogen) atoms. The molecule has 0 radical (unpaired) electrons. The summed E-state index contributed by atoms with van der Waals surface area (Å²) in [5.41, 5.74) is 2.70. The Hall–Kier alpha value is -3.51. The highest BCUT2D eigenvalue weighted by Gasteiger charge is 2.15. The summed E-state index contributed by atoms with van der Waals surface area (Å²) < 4.78 is 17.1. The van der Waals surface area contributed by atoms with E-state index in [9.17, 15) is 4.79 Å². The summed E-state index contributed by atoms with van der Waals surface area (Å²) in [6, 6.07) is 25.0. The number of rotatable bonds is 10. The van der Waals surface area contributed by atoms with Crippen molar-refractivity contribution in [3.05, 3.63) is 84.4 Å². The Labute approximate surface area is 188 Å². The SMILES string of the molecule is O=C(CNc1ccc(OCc2ccccc2)cc1)Nc1ccc(OCC2CCCO2)cc1. The van der Waals surface area contributed by atoms with Crippen LogP contribution in [-0.4, -0.2) is 31.8 Å². The summed E-state index contributed by atoms with van der Waals surface area (Å²) in [4.78, 5) is 12.3. The maximum atomic E-state index is 12.3. The number of carbonyl (C=O) groups is 1. The van der Waals surface area contributed by atoms with Gasteiger partial charge in [-0.2, -0.15) is 0 Å². The number of hydrogen-bond acceptors (Lipinski definition) is 5. The standard InChI is InChI=1S/C26H28N2O4/c29-26(28-22-10-14-24(15-11-22)32-19-25-7-4-16-30-25)17-27-21-8-12-23(13-9-21)31-18-20-5-2-1-3-6-20/h1-3,5-6,8-15,25,27H,4,7,16-19H2,(H,28,29). The van der Waals surface area contributed by atoms with Crippen molar-refractivity contribution in [2.45, 2.75) is 25.6 Å². The van der Waals surface area contributed by atoms with Crippen molar-refractivity contribution >= 4 is 17.3 Å². The molecule has 6 heteroatoms. The van der Waals surface area contributed by atoms with E-state index in [1.54, 1.807) is 0 Å². The Morgan fingerprint density at radius 1 is 0.875 bits per heavy atom. The van der Waals surface area contributed by atoms with Gasteiger partial charge in [-0.05, 0) is 66.9 Å². The number of ether oxygens (including phenoxy) is 3. The third-order valence-corrected chi connectivity index (χ3v) is 5.15. The largest absolute Gasteiger partial charge is 0.491 e. The minimum Gasteiger partial charge on any atom is -0.491 e. The van der Waals surface area contributed by atoms with Gasteiger partial charge in [0.15, 0.2) is 0 Å². The van der Waals surface area contributed by atoms with Gasteiger partial charge in [-0.1, -0.05) is 30.3 Å². The molecule has 1 heterocycles. The molecule has 1 aliphatic rings. The topological polar surface area (TPSA) is 68.8 Å². The molecule has 3 aromatic carbocycles. The van der Waals surface area contributed by atoms with Crippen LogP contribution in [0.15, 0.2) is 78.9 Å². The van der Waals surface area contributed by atoms with Crippen LogP contribution in [0.4, 0.5) is 11.4 Å². The average Bonchev–Trinajstić information content (AvgIpc) is 3.36. The Morgan fingerprint density at radius 2 is 1.56 bits per heavy atom. The number of benzene rings is 3. The molecule has 1 saturated heterocycles. The second-order valence-electron chi connectivity index (χ2n) is 7.67. The summed E-state index contributed by atoms with van der Waals surface area (Å²) in [6.07, 6.45) is 2.33. The predicted molar refractivity (Wildman–Crippen MR) is 125 cm³/mol. The lowest BCUT2D eigenvalue weighted by molar-refractivity contribution is -0.114. The van der Waals surface area contributed by atoms with Crippen molar-refractivity contribution < 1.29 is 19.0 Å². The fourth-order valence-electron chi connectivity index (χ4n) is 3.40. The third-order valence-electron chi connectivity index (χ3n) is 5.15. The van der Waals surface area contributed by atoms with E-state index in [1.807, 2.05) is 78.9 Å². The van der Waals surface area contributed by atoms with Crippen LogP contribution in [0, 0.1) is 0 Å². The van der Waals surface area contributed by atoms with Crippen LogP contribution < -0.4 is 20.1 Å². The van der Waals surface area contributed by atoms with Gasteiger partial charge in [-0.3, -0.25) is 4.79 Å². The lowest BCUT2D eigenvalue weighted by Gasteiger charge is -2.12. The molecule has 1 unspecified atom stereocenters. The van der Waals surface area contributed by atoms with E-state index in [0.717, 1.165) is 47.9 Å². The number of anilines is 2. The van der Waals surface area contributed by atoms with E-state index in [-0.39, 0.29) is 18.6 Å². The summed E-state index contributed by atoms with van der Waals surface area (Å²) >= 11 is 0. The first-order valence-corrected chi connectivity index (χ1v) is 10.9. The summed E-state index contributed by atoms with van der Waals surface area (Å²) in [5.74, 6) is 1.43. The van der Waals surface area contributed by atoms with Gasteiger partial charge in [0.1, 0.15) is 24.7 Å². The molecule has 0 saturated carbocycles. The Balaban J connectivity index is 1.17. The fourth-order valence-corrected chi connectivity index (χ4v) is 3.40. The maximum Gasteiger partial charge on any atom is 0.243 e. The minimum atomic E-state index is -0.123. The number of amides is 1. The molecule has 1 fully saturated rings. The molecule has 6 nitrogen and oxygen atoms in total. The van der Waals surface area contributed by atoms with Crippen LogP contribution in [0.5, 0.6) is 11.5 Å². The predicted octanol–water partition coefficient (Wildman–Crippen LogP) is 4.87. The minimum absolute atomic E-state index is 0.123. The highest BCUT2D eigenvalue weighted by Crippen LogP contribution is 2.19. The maximum absolute atomic E-state index is 12.3. The zero-order valence-corrected chi connectivity index (χ0v) is 18.0. The van der Waals surface area contributed by atoms with E-state index >= 15 is 0 Å². The molecule has 1 atom stereocenters. The highest BCUT2D eigenvalue weighted by atomic mass is 16.5. The van der Waals surface area contributed by atoms with Crippen LogP contribution >= 0.6 is 0 Å². The summed E-state index contributed by atoms with van der Waals surface area (Å²) in [5, 5.41) is 6.00. The quantitative estimate of drug-likeness (QED) is 0.478. The van der Waals surface area contributed by atoms with Crippen LogP contribution in [-0.2, 0) is 16.1 Å². The van der Waals surface area contributed by atoms with E-state index in [4.69, 9.17) is 14.2 Å². The average molecular weight is 433 g/mol. The van der Waals surface area contributed by atoms with Gasteiger partial charge in [-0.25, -0.2) is 0 Å². The van der Waals surface area contributed by atoms with Crippen LogP contribution in [0.25, 0.3) is 0 Å². The second kappa shape index (κ2) is 11.2. The van der Waals surface area contributed by atoms with Crippen LogP contribution in [0.2, 0.25) is 0 Å². The Kier molecular flexibility index (Phi) is 7.60. The second-order valence-corrected chi connectivity index (χ2v) is 7.67. The lowest BCUT2D eigenvalue weighted by Crippen LogP contribution is -2.21. The molecule has 0 aliphatic carbocycles. The Morgan fingerprint density at radius 3 is 2.25 bits per heavy atom. The molecule has 166 valence electrons. The molecule has 2 N–H and O–H groups in total. The first-order chi connectivity index (χ1) is 15.7. The number of hydrogen-bond donors (Lipinski definition) is 2. The molecular weight excluding hydrogens is 404 g/mol. The monoisotopic (exact) mass is 432 g/mol. The van der Waals surface area contributed by atoms with Gasteiger partial charge in [0.25, 0.3) is 0 Å². The van der Waals surface area contributed by atoms with E-state index in [1.165, 1.54) is 0 Å². The van der Waals surface area contributed by atoms with E-state index < -0.39 is 0 Å². The Bertz CT molecular complexity index is 969. The van der Waals surface area contributed by atoms with Crippen molar-refractivity contribution in [1.82, 2.24) is 0 Å². The van der Waals surface area contributed by atoms with Crippen molar-refractivity contribution in [3.63, 3.8) is 0 Å². The first-order valence-electron chi connectivity index (χ1n) is 10.9. The molecule has 0 aromatic heterocycles. The van der Waals surface area contributed by atoms with Gasteiger partial charge < -0.3 is 24.8 Å². The number of carbonyl (C=O) groups excluding carboxylic acids is 1. The molecule has 3 aromatic rings. The zero-order chi connectivity index (χ0) is 22.0. The van der Waals surface area contributed by atoms with Gasteiger partial charge in [0.05, 0.1) is 12.6 Å². The van der Waals surface area contributed by atoms with Crippen molar-refractivity contribution in [1.29, 1.82) is 0 Å². The van der Waals surface area contributed by atoms with Gasteiger partial charge in [0, 0.05) is 18.0 Å². The van der Waals surface area contributed by atoms with Gasteiger partial charge >= 0.3 is 0 Å². The molecule has 0 bridgehead atoms. The zero-order valence-electron chi connectivity index (χ0n) is 18.0. The van der Waals surface area contributed by atoms with Gasteiger partial charge in [0.2, 0.25) is 5.91 Å². The number of nitrogens with one attached hydrogen (secondary N) is 2. The summed E-state index contributed by atoms with van der Waals surface area (Å²) in [7, 11) is 0.